The van der Waals surface area contributed by atoms with Crippen LogP contribution in [0.2, 0.25) is 0 Å². The Kier molecular flexibility index (Phi) is 7.57. The van der Waals surface area contributed by atoms with Crippen molar-refractivity contribution in [3.8, 4) is 0 Å². The Balaban J connectivity index is 1.44. The summed E-state index contributed by atoms with van der Waals surface area (Å²) in [4.78, 5) is 40.4. The highest BCUT2D eigenvalue weighted by Gasteiger charge is 2.25. The van der Waals surface area contributed by atoms with Crippen LogP contribution in [0.1, 0.15) is 28.8 Å². The fourth-order valence-electron chi connectivity index (χ4n) is 3.51. The first-order valence-electron chi connectivity index (χ1n) is 10.2. The van der Waals surface area contributed by atoms with Gasteiger partial charge in [-0.05, 0) is 24.1 Å². The third kappa shape index (κ3) is 6.15. The van der Waals surface area contributed by atoms with Crippen molar-refractivity contribution in [2.45, 2.75) is 25.4 Å². The van der Waals surface area contributed by atoms with E-state index in [0.717, 1.165) is 19.6 Å². The molecule has 3 rings (SSSR count). The maximum absolute atomic E-state index is 12.5. The first-order valence-corrected chi connectivity index (χ1v) is 10.2. The van der Waals surface area contributed by atoms with Crippen LogP contribution in [0, 0.1) is 0 Å². The van der Waals surface area contributed by atoms with E-state index in [1.54, 1.807) is 35.2 Å². The van der Waals surface area contributed by atoms with E-state index < -0.39 is 17.9 Å². The molecule has 0 bridgehead atoms. The molecule has 0 spiro atoms. The molecule has 158 valence electrons. The number of aliphatic carboxylic acids is 1. The Bertz CT molecular complexity index is 849. The summed E-state index contributed by atoms with van der Waals surface area (Å²) in [6.07, 6.45) is 0.154. The topological polar surface area (TPSA) is 90.0 Å². The highest BCUT2D eigenvalue weighted by molar-refractivity contribution is 5.96. The number of carboxylic acids is 1. The van der Waals surface area contributed by atoms with Crippen molar-refractivity contribution < 1.29 is 19.5 Å². The van der Waals surface area contributed by atoms with Crippen LogP contribution < -0.4 is 5.32 Å². The van der Waals surface area contributed by atoms with Gasteiger partial charge in [-0.1, -0.05) is 48.5 Å². The van der Waals surface area contributed by atoms with Gasteiger partial charge >= 0.3 is 5.97 Å². The molecule has 0 unspecified atom stereocenters. The van der Waals surface area contributed by atoms with E-state index >= 15 is 0 Å². The van der Waals surface area contributed by atoms with Gasteiger partial charge in [0.05, 0.1) is 0 Å². The quantitative estimate of drug-likeness (QED) is 0.696. The number of hydrogen-bond acceptors (Lipinski definition) is 4. The van der Waals surface area contributed by atoms with E-state index in [1.165, 1.54) is 5.56 Å². The lowest BCUT2D eigenvalue weighted by Gasteiger charge is -2.35. The summed E-state index contributed by atoms with van der Waals surface area (Å²) in [7, 11) is 0. The molecule has 0 saturated carbocycles. The first-order chi connectivity index (χ1) is 14.5. The van der Waals surface area contributed by atoms with Gasteiger partial charge in [-0.15, -0.1) is 0 Å². The molecular weight excluding hydrogens is 382 g/mol. The lowest BCUT2D eigenvalue weighted by molar-refractivity contribution is -0.139. The summed E-state index contributed by atoms with van der Waals surface area (Å²) >= 11 is 0. The van der Waals surface area contributed by atoms with Crippen LogP contribution in [0.5, 0.6) is 0 Å². The first kappa shape index (κ1) is 21.5. The van der Waals surface area contributed by atoms with Gasteiger partial charge in [0.25, 0.3) is 5.91 Å². The van der Waals surface area contributed by atoms with Crippen molar-refractivity contribution in [2.75, 3.05) is 26.2 Å². The largest absolute Gasteiger partial charge is 0.480 e. The Morgan fingerprint density at radius 1 is 0.900 bits per heavy atom. The summed E-state index contributed by atoms with van der Waals surface area (Å²) in [5.74, 6) is -1.67. The molecule has 2 aromatic carbocycles. The minimum atomic E-state index is -1.14. The highest BCUT2D eigenvalue weighted by Crippen LogP contribution is 2.11. The molecule has 0 radical (unpaired) electrons. The van der Waals surface area contributed by atoms with Crippen LogP contribution in [0.3, 0.4) is 0 Å². The average molecular weight is 409 g/mol. The Hall–Kier alpha value is -3.19. The predicted octanol–water partition coefficient (Wildman–Crippen LogP) is 1.99. The number of rotatable bonds is 8. The average Bonchev–Trinajstić information content (AvgIpc) is 2.78. The molecular formula is C23H27N3O4. The van der Waals surface area contributed by atoms with Gasteiger partial charge in [0.1, 0.15) is 6.04 Å². The Morgan fingerprint density at radius 3 is 2.10 bits per heavy atom. The van der Waals surface area contributed by atoms with E-state index in [9.17, 15) is 19.5 Å². The summed E-state index contributed by atoms with van der Waals surface area (Å²) < 4.78 is 0. The van der Waals surface area contributed by atoms with Crippen molar-refractivity contribution in [1.82, 2.24) is 15.1 Å². The van der Waals surface area contributed by atoms with Crippen molar-refractivity contribution in [3.05, 3.63) is 71.8 Å². The van der Waals surface area contributed by atoms with Gasteiger partial charge in [-0.3, -0.25) is 14.5 Å². The second-order valence-electron chi connectivity index (χ2n) is 7.41. The number of carboxylic acid groups (broad SMARTS) is 1. The lowest BCUT2D eigenvalue weighted by Crippen LogP contribution is -2.49. The fraction of sp³-hybridized carbons (Fsp3) is 0.348. The zero-order valence-electron chi connectivity index (χ0n) is 16.9. The van der Waals surface area contributed by atoms with Gasteiger partial charge in [0, 0.05) is 44.7 Å². The second kappa shape index (κ2) is 10.5. The zero-order valence-corrected chi connectivity index (χ0v) is 16.9. The molecule has 1 aliphatic heterocycles. The van der Waals surface area contributed by atoms with Crippen LogP contribution in [0.4, 0.5) is 0 Å². The maximum atomic E-state index is 12.5. The summed E-state index contributed by atoms with van der Waals surface area (Å²) in [6.45, 7) is 3.68. The fourth-order valence-corrected chi connectivity index (χ4v) is 3.51. The van der Waals surface area contributed by atoms with E-state index in [2.05, 4.69) is 22.3 Å². The van der Waals surface area contributed by atoms with E-state index in [1.807, 2.05) is 18.2 Å². The number of hydrogen-bond donors (Lipinski definition) is 2. The zero-order chi connectivity index (χ0) is 21.3. The molecule has 30 heavy (non-hydrogen) atoms. The molecule has 1 saturated heterocycles. The van der Waals surface area contributed by atoms with Crippen LogP contribution in [-0.4, -0.2) is 64.9 Å². The maximum Gasteiger partial charge on any atom is 0.326 e. The van der Waals surface area contributed by atoms with Crippen LogP contribution >= 0.6 is 0 Å². The van der Waals surface area contributed by atoms with Gasteiger partial charge in [0.15, 0.2) is 0 Å². The minimum absolute atomic E-state index is 0.0664. The molecule has 1 heterocycles. The number of benzene rings is 2. The number of carbonyl (C=O) groups excluding carboxylic acids is 2. The molecule has 2 aromatic rings. The molecule has 1 fully saturated rings. The van der Waals surface area contributed by atoms with Crippen molar-refractivity contribution in [3.63, 3.8) is 0 Å². The second-order valence-corrected chi connectivity index (χ2v) is 7.41. The smallest absolute Gasteiger partial charge is 0.326 e. The molecule has 0 aliphatic carbocycles. The van der Waals surface area contributed by atoms with Gasteiger partial charge in [0.2, 0.25) is 5.91 Å². The van der Waals surface area contributed by atoms with Crippen LogP contribution in [0.15, 0.2) is 60.7 Å². The van der Waals surface area contributed by atoms with Crippen molar-refractivity contribution in [1.29, 1.82) is 0 Å². The number of nitrogens with zero attached hydrogens (tertiary/aromatic N) is 2. The molecule has 7 nitrogen and oxygen atoms in total. The number of carbonyl (C=O) groups is 3. The third-order valence-corrected chi connectivity index (χ3v) is 5.26. The van der Waals surface area contributed by atoms with E-state index in [0.29, 0.717) is 18.7 Å². The van der Waals surface area contributed by atoms with Crippen LogP contribution in [0.25, 0.3) is 0 Å². The molecule has 0 aromatic heterocycles. The van der Waals surface area contributed by atoms with Crippen LogP contribution in [-0.2, 0) is 16.1 Å². The monoisotopic (exact) mass is 409 g/mol. The summed E-state index contributed by atoms with van der Waals surface area (Å²) in [5.41, 5.74) is 1.64. The molecule has 2 amide bonds. The minimum Gasteiger partial charge on any atom is -0.480 e. The molecule has 2 N–H and O–H groups in total. The Morgan fingerprint density at radius 2 is 1.50 bits per heavy atom. The summed E-state index contributed by atoms with van der Waals surface area (Å²) in [5, 5.41) is 11.9. The molecule has 1 atom stereocenters. The normalized spacial score (nSPS) is 15.4. The molecule has 1 aliphatic rings. The Labute approximate surface area is 176 Å². The van der Waals surface area contributed by atoms with Crippen molar-refractivity contribution >= 4 is 17.8 Å². The van der Waals surface area contributed by atoms with E-state index in [-0.39, 0.29) is 18.7 Å². The number of amides is 2. The van der Waals surface area contributed by atoms with Gasteiger partial charge in [-0.25, -0.2) is 4.79 Å². The lowest BCUT2D eigenvalue weighted by atomic mass is 10.1. The standard InChI is InChI=1S/C23H27N3O4/c27-21(26-15-13-25(14-16-26)17-18-7-3-1-4-8-18)12-11-20(23(29)30)24-22(28)19-9-5-2-6-10-19/h1-10,20H,11-17H2,(H,24,28)(H,29,30)/t20-/m0/s1. The van der Waals surface area contributed by atoms with Gasteiger partial charge in [-0.2, -0.15) is 0 Å². The van der Waals surface area contributed by atoms with Crippen molar-refractivity contribution in [2.24, 2.45) is 0 Å². The number of piperazine rings is 1. The van der Waals surface area contributed by atoms with E-state index in [4.69, 9.17) is 0 Å². The number of nitrogens with one attached hydrogen (secondary N) is 1. The molecule has 7 heteroatoms. The summed E-state index contributed by atoms with van der Waals surface area (Å²) in [6, 6.07) is 17.6. The SMILES string of the molecule is O=C(N[C@@H](CCC(=O)N1CCN(Cc2ccccc2)CC1)C(=O)O)c1ccccc1. The third-order valence-electron chi connectivity index (χ3n) is 5.26. The van der Waals surface area contributed by atoms with Gasteiger partial charge < -0.3 is 15.3 Å². The predicted molar refractivity (Wildman–Crippen MR) is 113 cm³/mol. The highest BCUT2D eigenvalue weighted by atomic mass is 16.4.